The van der Waals surface area contributed by atoms with Gasteiger partial charge in [0, 0.05) is 17.2 Å². The van der Waals surface area contributed by atoms with Crippen molar-refractivity contribution in [2.45, 2.75) is 25.8 Å². The van der Waals surface area contributed by atoms with E-state index in [0.29, 0.717) is 5.69 Å². The average molecular weight is 306 g/mol. The van der Waals surface area contributed by atoms with Crippen LogP contribution in [0.25, 0.3) is 0 Å². The smallest absolute Gasteiger partial charge is 0.352 e. The number of unbranched alkanes of at least 4 members (excludes halogenated alkanes) is 2. The number of hydrogen-bond donors (Lipinski definition) is 1. The number of halogens is 1. The van der Waals surface area contributed by atoms with Gasteiger partial charge in [0.05, 0.1) is 0 Å². The Hall–Kier alpha value is -0.420. The van der Waals surface area contributed by atoms with E-state index in [9.17, 15) is 4.79 Å². The highest BCUT2D eigenvalue weighted by Crippen LogP contribution is 2.16. The maximum atomic E-state index is 10.9. The number of thioether (sulfide) groups is 1. The Balaban J connectivity index is 2.44. The Bertz CT molecular complexity index is 352. The summed E-state index contributed by atoms with van der Waals surface area (Å²) < 4.78 is 2.62. The monoisotopic (exact) mass is 305 g/mol. The highest BCUT2D eigenvalue weighted by Gasteiger charge is 2.10. The molecule has 16 heavy (non-hydrogen) atoms. The molecule has 0 fully saturated rings. The van der Waals surface area contributed by atoms with E-state index in [1.807, 2.05) is 18.0 Å². The van der Waals surface area contributed by atoms with Gasteiger partial charge in [0.25, 0.3) is 0 Å². The maximum absolute atomic E-state index is 10.9. The molecule has 0 aliphatic carbocycles. The molecule has 0 atom stereocenters. The second kappa shape index (κ2) is 7.01. The number of rotatable bonds is 7. The number of carboxylic acid groups (broad SMARTS) is 1. The summed E-state index contributed by atoms with van der Waals surface area (Å²) in [6, 6.07) is 1.64. The van der Waals surface area contributed by atoms with E-state index in [-0.39, 0.29) is 0 Å². The van der Waals surface area contributed by atoms with Gasteiger partial charge in [0.2, 0.25) is 0 Å². The van der Waals surface area contributed by atoms with Crippen molar-refractivity contribution in [3.05, 3.63) is 22.4 Å². The summed E-state index contributed by atoms with van der Waals surface area (Å²) in [5.74, 6) is 0.316. The van der Waals surface area contributed by atoms with Crippen LogP contribution in [0.15, 0.2) is 16.7 Å². The van der Waals surface area contributed by atoms with Crippen LogP contribution in [-0.4, -0.2) is 27.7 Å². The molecule has 0 amide bonds. The standard InChI is InChI=1S/C11H16BrNO2S/c1-16-6-4-2-3-5-13-8-9(12)7-10(13)11(14)15/h7-8H,2-6H2,1H3,(H,14,15). The van der Waals surface area contributed by atoms with Gasteiger partial charge < -0.3 is 9.67 Å². The predicted molar refractivity (Wildman–Crippen MR) is 71.3 cm³/mol. The molecular formula is C11H16BrNO2S. The van der Waals surface area contributed by atoms with Gasteiger partial charge in [-0.15, -0.1) is 0 Å². The lowest BCUT2D eigenvalue weighted by Crippen LogP contribution is -2.07. The molecule has 0 aliphatic heterocycles. The minimum atomic E-state index is -0.866. The molecule has 5 heteroatoms. The summed E-state index contributed by atoms with van der Waals surface area (Å²) in [5, 5.41) is 8.97. The quantitative estimate of drug-likeness (QED) is 0.784. The number of aryl methyl sites for hydroxylation is 1. The fourth-order valence-electron chi connectivity index (χ4n) is 1.54. The number of carbonyl (C=O) groups is 1. The molecule has 0 aromatic carbocycles. The highest BCUT2D eigenvalue weighted by atomic mass is 79.9. The third-order valence-corrected chi connectivity index (χ3v) is 3.46. The zero-order chi connectivity index (χ0) is 12.0. The minimum absolute atomic E-state index is 0.358. The van der Waals surface area contributed by atoms with Gasteiger partial charge in [0.15, 0.2) is 0 Å². The first-order chi connectivity index (χ1) is 7.65. The molecular weight excluding hydrogens is 290 g/mol. The number of aromatic carboxylic acids is 1. The summed E-state index contributed by atoms with van der Waals surface area (Å²) in [6.07, 6.45) is 7.31. The summed E-state index contributed by atoms with van der Waals surface area (Å²) >= 11 is 5.15. The molecule has 0 saturated carbocycles. The average Bonchev–Trinajstić information content (AvgIpc) is 2.59. The zero-order valence-corrected chi connectivity index (χ0v) is 11.7. The number of hydrogen-bond acceptors (Lipinski definition) is 2. The third-order valence-electron chi connectivity index (χ3n) is 2.33. The van der Waals surface area contributed by atoms with Crippen LogP contribution in [0.4, 0.5) is 0 Å². The van der Waals surface area contributed by atoms with Crippen LogP contribution < -0.4 is 0 Å². The van der Waals surface area contributed by atoms with E-state index in [0.717, 1.165) is 23.9 Å². The molecule has 1 aromatic heterocycles. The second-order valence-electron chi connectivity index (χ2n) is 3.60. The maximum Gasteiger partial charge on any atom is 0.352 e. The van der Waals surface area contributed by atoms with Crippen molar-refractivity contribution in [1.29, 1.82) is 0 Å². The zero-order valence-electron chi connectivity index (χ0n) is 9.28. The third kappa shape index (κ3) is 4.22. The molecule has 1 N–H and O–H groups in total. The molecule has 3 nitrogen and oxygen atoms in total. The van der Waals surface area contributed by atoms with Crippen molar-refractivity contribution >= 4 is 33.7 Å². The van der Waals surface area contributed by atoms with Crippen molar-refractivity contribution in [2.75, 3.05) is 12.0 Å². The Morgan fingerprint density at radius 1 is 1.50 bits per heavy atom. The topological polar surface area (TPSA) is 42.2 Å². The van der Waals surface area contributed by atoms with E-state index in [4.69, 9.17) is 5.11 Å². The summed E-state index contributed by atoms with van der Waals surface area (Å²) in [4.78, 5) is 10.9. The molecule has 0 unspecified atom stereocenters. The molecule has 0 saturated heterocycles. The number of aromatic nitrogens is 1. The molecule has 0 bridgehead atoms. The Kier molecular flexibility index (Phi) is 5.98. The van der Waals surface area contributed by atoms with E-state index in [1.165, 1.54) is 12.2 Å². The van der Waals surface area contributed by atoms with Crippen LogP contribution in [0.5, 0.6) is 0 Å². The molecule has 1 aromatic rings. The predicted octanol–water partition coefficient (Wildman–Crippen LogP) is 3.48. The van der Waals surface area contributed by atoms with E-state index >= 15 is 0 Å². The first-order valence-corrected chi connectivity index (χ1v) is 7.41. The summed E-state index contributed by atoms with van der Waals surface area (Å²) in [6.45, 7) is 0.779. The van der Waals surface area contributed by atoms with Gasteiger partial charge in [-0.25, -0.2) is 4.79 Å². The lowest BCUT2D eigenvalue weighted by Gasteiger charge is -2.05. The fourth-order valence-corrected chi connectivity index (χ4v) is 2.50. The molecule has 1 rings (SSSR count). The highest BCUT2D eigenvalue weighted by molar-refractivity contribution is 9.10. The normalized spacial score (nSPS) is 10.6. The van der Waals surface area contributed by atoms with Crippen molar-refractivity contribution in [1.82, 2.24) is 4.57 Å². The Morgan fingerprint density at radius 3 is 2.88 bits per heavy atom. The minimum Gasteiger partial charge on any atom is -0.477 e. The van der Waals surface area contributed by atoms with Crippen LogP contribution >= 0.6 is 27.7 Å². The van der Waals surface area contributed by atoms with Crippen molar-refractivity contribution in [3.8, 4) is 0 Å². The first-order valence-electron chi connectivity index (χ1n) is 5.23. The van der Waals surface area contributed by atoms with Gasteiger partial charge in [-0.2, -0.15) is 11.8 Å². The SMILES string of the molecule is CSCCCCCn1cc(Br)cc1C(=O)O. The molecule has 90 valence electrons. The van der Waals surface area contributed by atoms with Crippen molar-refractivity contribution in [2.24, 2.45) is 0 Å². The van der Waals surface area contributed by atoms with E-state index in [1.54, 1.807) is 10.6 Å². The molecule has 0 spiro atoms. The Morgan fingerprint density at radius 2 is 2.25 bits per heavy atom. The van der Waals surface area contributed by atoms with Gasteiger partial charge in [-0.05, 0) is 46.8 Å². The van der Waals surface area contributed by atoms with Gasteiger partial charge >= 0.3 is 5.97 Å². The number of carboxylic acids is 1. The summed E-state index contributed by atoms with van der Waals surface area (Å²) in [5.41, 5.74) is 0.358. The van der Waals surface area contributed by atoms with Crippen LogP contribution in [0, 0.1) is 0 Å². The lowest BCUT2D eigenvalue weighted by molar-refractivity contribution is 0.0685. The second-order valence-corrected chi connectivity index (χ2v) is 5.50. The lowest BCUT2D eigenvalue weighted by atomic mass is 10.2. The summed E-state index contributed by atoms with van der Waals surface area (Å²) in [7, 11) is 0. The van der Waals surface area contributed by atoms with Crippen molar-refractivity contribution < 1.29 is 9.90 Å². The fraction of sp³-hybridized carbons (Fsp3) is 0.545. The van der Waals surface area contributed by atoms with Gasteiger partial charge in [0.1, 0.15) is 5.69 Å². The molecule has 1 heterocycles. The van der Waals surface area contributed by atoms with Crippen molar-refractivity contribution in [3.63, 3.8) is 0 Å². The van der Waals surface area contributed by atoms with Crippen LogP contribution in [-0.2, 0) is 6.54 Å². The van der Waals surface area contributed by atoms with Crippen LogP contribution in [0.1, 0.15) is 29.8 Å². The van der Waals surface area contributed by atoms with E-state index in [2.05, 4.69) is 22.2 Å². The molecule has 0 aliphatic rings. The number of nitrogens with zero attached hydrogens (tertiary/aromatic N) is 1. The van der Waals surface area contributed by atoms with Crippen LogP contribution in [0.2, 0.25) is 0 Å². The Labute approximate surface area is 108 Å². The first kappa shape index (κ1) is 13.6. The largest absolute Gasteiger partial charge is 0.477 e. The van der Waals surface area contributed by atoms with Gasteiger partial charge in [-0.1, -0.05) is 6.42 Å². The van der Waals surface area contributed by atoms with Crippen LogP contribution in [0.3, 0.4) is 0 Å². The molecule has 0 radical (unpaired) electrons. The van der Waals surface area contributed by atoms with E-state index < -0.39 is 5.97 Å². The van der Waals surface area contributed by atoms with Gasteiger partial charge in [-0.3, -0.25) is 0 Å².